The van der Waals surface area contributed by atoms with Crippen LogP contribution in [0.3, 0.4) is 0 Å². The van der Waals surface area contributed by atoms with Crippen LogP contribution in [0, 0.1) is 28.5 Å². The van der Waals surface area contributed by atoms with Gasteiger partial charge in [-0.2, -0.15) is 10.5 Å². The van der Waals surface area contributed by atoms with Crippen LogP contribution in [0.25, 0.3) is 11.1 Å². The highest BCUT2D eigenvalue weighted by Gasteiger charge is 2.21. The summed E-state index contributed by atoms with van der Waals surface area (Å²) in [6.45, 7) is 0. The number of ketones is 1. The number of nitrogen functional groups attached to an aromatic ring is 1. The number of nitriles is 2. The van der Waals surface area contributed by atoms with E-state index >= 15 is 0 Å². The van der Waals surface area contributed by atoms with E-state index in [0.29, 0.717) is 11.1 Å². The lowest BCUT2D eigenvalue weighted by Crippen LogP contribution is -2.06. The van der Waals surface area contributed by atoms with E-state index in [9.17, 15) is 19.7 Å². The van der Waals surface area contributed by atoms with Gasteiger partial charge in [0.25, 0.3) is 0 Å². The van der Waals surface area contributed by atoms with Crippen molar-refractivity contribution >= 4 is 39.3 Å². The Kier molecular flexibility index (Phi) is 6.28. The van der Waals surface area contributed by atoms with Gasteiger partial charge >= 0.3 is 0 Å². The molecule has 0 amide bonds. The van der Waals surface area contributed by atoms with Gasteiger partial charge in [-0.1, -0.05) is 52.0 Å². The molecule has 29 heavy (non-hydrogen) atoms. The highest BCUT2D eigenvalue weighted by atomic mass is 79.9. The van der Waals surface area contributed by atoms with Crippen molar-refractivity contribution < 1.29 is 9.18 Å². The lowest BCUT2D eigenvalue weighted by atomic mass is 9.97. The van der Waals surface area contributed by atoms with Crippen molar-refractivity contribution in [3.05, 3.63) is 75.5 Å². The van der Waals surface area contributed by atoms with E-state index in [4.69, 9.17) is 5.73 Å². The molecular weight excluding hydrogens is 455 g/mol. The van der Waals surface area contributed by atoms with E-state index < -0.39 is 5.82 Å². The first-order valence-corrected chi connectivity index (χ1v) is 10.0. The summed E-state index contributed by atoms with van der Waals surface area (Å²) >= 11 is 4.36. The average Bonchev–Trinajstić information content (AvgIpc) is 2.71. The number of rotatable bonds is 5. The second kappa shape index (κ2) is 8.87. The summed E-state index contributed by atoms with van der Waals surface area (Å²) in [5, 5.41) is 19.4. The molecule has 0 atom stereocenters. The highest BCUT2D eigenvalue weighted by molar-refractivity contribution is 9.10. The van der Waals surface area contributed by atoms with Gasteiger partial charge in [0.05, 0.1) is 11.3 Å². The largest absolute Gasteiger partial charge is 0.383 e. The predicted molar refractivity (Wildman–Crippen MR) is 113 cm³/mol. The maximum atomic E-state index is 13.7. The smallest absolute Gasteiger partial charge is 0.173 e. The number of anilines is 1. The summed E-state index contributed by atoms with van der Waals surface area (Å²) < 4.78 is 14.6. The number of carbonyl (C=O) groups is 1. The van der Waals surface area contributed by atoms with Crippen molar-refractivity contribution in [2.75, 3.05) is 11.5 Å². The van der Waals surface area contributed by atoms with Crippen molar-refractivity contribution in [2.45, 2.75) is 5.03 Å². The zero-order valence-corrected chi connectivity index (χ0v) is 17.2. The standard InChI is InChI=1S/C21H12BrFN4OS/c22-14-6-4-12(5-7-14)18(28)11-29-21-17(10-25)19(16(9-24)20(26)27-21)13-2-1-3-15(23)8-13/h1-8H,11H2,(H2,26,27). The molecule has 0 unspecified atom stereocenters. The molecule has 0 aliphatic rings. The van der Waals surface area contributed by atoms with Crippen LogP contribution >= 0.6 is 27.7 Å². The van der Waals surface area contributed by atoms with Crippen molar-refractivity contribution in [2.24, 2.45) is 0 Å². The Morgan fingerprint density at radius 3 is 2.45 bits per heavy atom. The number of aromatic nitrogens is 1. The molecule has 1 aromatic heterocycles. The monoisotopic (exact) mass is 466 g/mol. The van der Waals surface area contributed by atoms with Crippen LogP contribution in [0.2, 0.25) is 0 Å². The number of Topliss-reactive ketones (excluding diaryl/α,β-unsaturated/α-hetero) is 1. The Hall–Kier alpha value is -3.20. The number of hydrogen-bond acceptors (Lipinski definition) is 6. The minimum Gasteiger partial charge on any atom is -0.383 e. The molecule has 0 saturated heterocycles. The van der Waals surface area contributed by atoms with Gasteiger partial charge in [0.2, 0.25) is 0 Å². The van der Waals surface area contributed by atoms with Crippen LogP contribution < -0.4 is 5.73 Å². The maximum absolute atomic E-state index is 13.7. The van der Waals surface area contributed by atoms with E-state index in [-0.39, 0.29) is 39.1 Å². The van der Waals surface area contributed by atoms with E-state index in [1.54, 1.807) is 30.3 Å². The summed E-state index contributed by atoms with van der Waals surface area (Å²) in [4.78, 5) is 16.6. The summed E-state index contributed by atoms with van der Waals surface area (Å²) in [6, 6.07) is 16.4. The zero-order valence-electron chi connectivity index (χ0n) is 14.8. The van der Waals surface area contributed by atoms with E-state index in [2.05, 4.69) is 20.9 Å². The SMILES string of the molecule is N#Cc1c(N)nc(SCC(=O)c2ccc(Br)cc2)c(C#N)c1-c1cccc(F)c1. The fraction of sp³-hybridized carbons (Fsp3) is 0.0476. The third-order valence-electron chi connectivity index (χ3n) is 4.04. The van der Waals surface area contributed by atoms with Gasteiger partial charge in [-0.3, -0.25) is 4.79 Å². The molecule has 3 rings (SSSR count). The molecular formula is C21H12BrFN4OS. The molecule has 1 heterocycles. The first-order valence-electron chi connectivity index (χ1n) is 8.25. The fourth-order valence-corrected chi connectivity index (χ4v) is 3.84. The molecule has 3 aromatic rings. The molecule has 0 aliphatic heterocycles. The molecule has 0 saturated carbocycles. The van der Waals surface area contributed by atoms with Crippen molar-refractivity contribution in [1.82, 2.24) is 4.98 Å². The first kappa shape index (κ1) is 20.5. The molecule has 0 aliphatic carbocycles. The fourth-order valence-electron chi connectivity index (χ4n) is 2.69. The molecule has 2 N–H and O–H groups in total. The molecule has 8 heteroatoms. The quantitative estimate of drug-likeness (QED) is 0.421. The third kappa shape index (κ3) is 4.45. The van der Waals surface area contributed by atoms with Crippen LogP contribution in [-0.2, 0) is 0 Å². The van der Waals surface area contributed by atoms with Gasteiger partial charge in [0.15, 0.2) is 5.78 Å². The minimum absolute atomic E-state index is 0.00395. The van der Waals surface area contributed by atoms with Crippen LogP contribution in [0.4, 0.5) is 10.2 Å². The van der Waals surface area contributed by atoms with Gasteiger partial charge < -0.3 is 5.73 Å². The van der Waals surface area contributed by atoms with Crippen LogP contribution in [0.15, 0.2) is 58.0 Å². The van der Waals surface area contributed by atoms with Gasteiger partial charge in [0.1, 0.15) is 34.4 Å². The topological polar surface area (TPSA) is 104 Å². The highest BCUT2D eigenvalue weighted by Crippen LogP contribution is 2.36. The van der Waals surface area contributed by atoms with Crippen molar-refractivity contribution in [1.29, 1.82) is 10.5 Å². The molecule has 5 nitrogen and oxygen atoms in total. The second-order valence-electron chi connectivity index (χ2n) is 5.88. The van der Waals surface area contributed by atoms with Gasteiger partial charge in [0, 0.05) is 15.6 Å². The summed E-state index contributed by atoms with van der Waals surface area (Å²) in [5.74, 6) is -0.713. The first-order chi connectivity index (χ1) is 13.9. The normalized spacial score (nSPS) is 10.2. The number of thioether (sulfide) groups is 1. The Balaban J connectivity index is 2.02. The van der Waals surface area contributed by atoms with Crippen LogP contribution in [-0.4, -0.2) is 16.5 Å². The number of benzene rings is 2. The maximum Gasteiger partial charge on any atom is 0.173 e. The lowest BCUT2D eigenvalue weighted by Gasteiger charge is -2.13. The van der Waals surface area contributed by atoms with Crippen LogP contribution in [0.1, 0.15) is 21.5 Å². The molecule has 0 fully saturated rings. The molecule has 0 spiro atoms. The Morgan fingerprint density at radius 1 is 1.14 bits per heavy atom. The molecule has 0 radical (unpaired) electrons. The number of nitrogens with two attached hydrogens (primary N) is 1. The Bertz CT molecular complexity index is 1180. The van der Waals surface area contributed by atoms with Crippen molar-refractivity contribution in [3.63, 3.8) is 0 Å². The van der Waals surface area contributed by atoms with Gasteiger partial charge in [-0.15, -0.1) is 0 Å². The zero-order chi connectivity index (χ0) is 21.0. The summed E-state index contributed by atoms with van der Waals surface area (Å²) in [7, 11) is 0. The molecule has 0 bridgehead atoms. The molecule has 142 valence electrons. The van der Waals surface area contributed by atoms with E-state index in [1.165, 1.54) is 18.2 Å². The average molecular weight is 467 g/mol. The number of halogens is 2. The van der Waals surface area contributed by atoms with Gasteiger partial charge in [-0.25, -0.2) is 9.37 Å². The predicted octanol–water partition coefficient (Wildman–Crippen LogP) is 4.95. The van der Waals surface area contributed by atoms with Crippen LogP contribution in [0.5, 0.6) is 0 Å². The number of hydrogen-bond donors (Lipinski definition) is 1. The van der Waals surface area contributed by atoms with E-state index in [1.807, 2.05) is 12.1 Å². The Labute approximate surface area is 179 Å². The van der Waals surface area contributed by atoms with E-state index in [0.717, 1.165) is 16.2 Å². The molecule has 2 aromatic carbocycles. The van der Waals surface area contributed by atoms with Gasteiger partial charge in [-0.05, 0) is 29.8 Å². The minimum atomic E-state index is -0.509. The Morgan fingerprint density at radius 2 is 1.83 bits per heavy atom. The number of nitrogens with zero attached hydrogens (tertiary/aromatic N) is 3. The lowest BCUT2D eigenvalue weighted by molar-refractivity contribution is 0.102. The number of pyridine rings is 1. The number of carbonyl (C=O) groups excluding carboxylic acids is 1. The summed E-state index contributed by atoms with van der Waals surface area (Å²) in [6.07, 6.45) is 0. The second-order valence-corrected chi connectivity index (χ2v) is 7.76. The van der Waals surface area contributed by atoms with Crippen molar-refractivity contribution in [3.8, 4) is 23.3 Å². The third-order valence-corrected chi connectivity index (χ3v) is 5.54. The summed E-state index contributed by atoms with van der Waals surface area (Å²) in [5.41, 5.74) is 7.07.